The van der Waals surface area contributed by atoms with Crippen LogP contribution < -0.4 is 10.0 Å². The lowest BCUT2D eigenvalue weighted by Gasteiger charge is -2.19. The summed E-state index contributed by atoms with van der Waals surface area (Å²) in [6.07, 6.45) is 1.60. The lowest BCUT2D eigenvalue weighted by molar-refractivity contribution is 0.590. The standard InChI is InChI=1S/C21H23N3O2S/c1-21(2,3)16-9-11-17(12-10-16)23-18-13-14-20(22-15-18)24-27(25,26)19-7-5-4-6-8-19/h4-15,23H,1-3H3,(H,22,24). The van der Waals surface area contributed by atoms with E-state index in [0.717, 1.165) is 11.4 Å². The average Bonchev–Trinajstić information content (AvgIpc) is 2.64. The predicted octanol–water partition coefficient (Wildman–Crippen LogP) is 4.92. The van der Waals surface area contributed by atoms with Crippen LogP contribution in [0.2, 0.25) is 0 Å². The van der Waals surface area contributed by atoms with Crippen molar-refractivity contribution in [2.75, 3.05) is 10.0 Å². The molecular weight excluding hydrogens is 358 g/mol. The van der Waals surface area contributed by atoms with Gasteiger partial charge in [0.15, 0.2) is 0 Å². The molecule has 6 heteroatoms. The molecular formula is C21H23N3O2S. The number of sulfonamides is 1. The summed E-state index contributed by atoms with van der Waals surface area (Å²) >= 11 is 0. The van der Waals surface area contributed by atoms with Crippen molar-refractivity contribution in [3.05, 3.63) is 78.5 Å². The van der Waals surface area contributed by atoms with Crippen LogP contribution in [0, 0.1) is 0 Å². The van der Waals surface area contributed by atoms with Crippen LogP contribution in [-0.2, 0) is 15.4 Å². The van der Waals surface area contributed by atoms with Crippen molar-refractivity contribution in [2.45, 2.75) is 31.1 Å². The molecule has 2 aromatic carbocycles. The van der Waals surface area contributed by atoms with Crippen molar-refractivity contribution in [2.24, 2.45) is 0 Å². The number of aromatic nitrogens is 1. The van der Waals surface area contributed by atoms with E-state index >= 15 is 0 Å². The molecule has 27 heavy (non-hydrogen) atoms. The SMILES string of the molecule is CC(C)(C)c1ccc(Nc2ccc(NS(=O)(=O)c3ccccc3)nc2)cc1. The summed E-state index contributed by atoms with van der Waals surface area (Å²) in [6.45, 7) is 6.53. The quantitative estimate of drug-likeness (QED) is 0.658. The highest BCUT2D eigenvalue weighted by atomic mass is 32.2. The number of hydrogen-bond acceptors (Lipinski definition) is 4. The smallest absolute Gasteiger partial charge is 0.263 e. The van der Waals surface area contributed by atoms with E-state index in [1.165, 1.54) is 5.56 Å². The molecule has 2 N–H and O–H groups in total. The Morgan fingerprint density at radius 2 is 1.44 bits per heavy atom. The van der Waals surface area contributed by atoms with Gasteiger partial charge >= 0.3 is 0 Å². The van der Waals surface area contributed by atoms with Crippen LogP contribution in [0.3, 0.4) is 0 Å². The van der Waals surface area contributed by atoms with Crippen LogP contribution in [0.1, 0.15) is 26.3 Å². The van der Waals surface area contributed by atoms with Crippen LogP contribution in [0.25, 0.3) is 0 Å². The molecule has 0 aliphatic rings. The third-order valence-corrected chi connectivity index (χ3v) is 5.47. The first-order valence-electron chi connectivity index (χ1n) is 8.65. The highest BCUT2D eigenvalue weighted by Gasteiger charge is 2.14. The van der Waals surface area contributed by atoms with Gasteiger partial charge in [-0.05, 0) is 47.4 Å². The molecule has 0 atom stereocenters. The zero-order valence-corrected chi connectivity index (χ0v) is 16.4. The number of rotatable bonds is 5. The molecule has 0 aliphatic carbocycles. The number of nitrogens with one attached hydrogen (secondary N) is 2. The maximum absolute atomic E-state index is 12.3. The minimum absolute atomic E-state index is 0.109. The van der Waals surface area contributed by atoms with Gasteiger partial charge in [-0.3, -0.25) is 4.72 Å². The zero-order chi connectivity index (χ0) is 19.5. The lowest BCUT2D eigenvalue weighted by Crippen LogP contribution is -2.13. The molecule has 3 rings (SSSR count). The topological polar surface area (TPSA) is 71.1 Å². The van der Waals surface area contributed by atoms with Crippen molar-refractivity contribution in [3.63, 3.8) is 0 Å². The van der Waals surface area contributed by atoms with Gasteiger partial charge in [0.05, 0.1) is 16.8 Å². The average molecular weight is 382 g/mol. The van der Waals surface area contributed by atoms with E-state index in [4.69, 9.17) is 0 Å². The lowest BCUT2D eigenvalue weighted by atomic mass is 9.87. The molecule has 0 radical (unpaired) electrons. The fourth-order valence-corrected chi connectivity index (χ4v) is 3.57. The van der Waals surface area contributed by atoms with E-state index in [0.29, 0.717) is 0 Å². The van der Waals surface area contributed by atoms with Crippen molar-refractivity contribution < 1.29 is 8.42 Å². The first-order valence-corrected chi connectivity index (χ1v) is 10.1. The van der Waals surface area contributed by atoms with Gasteiger partial charge in [-0.15, -0.1) is 0 Å². The van der Waals surface area contributed by atoms with Crippen LogP contribution in [0.5, 0.6) is 0 Å². The Bertz CT molecular complexity index is 992. The third-order valence-electron chi connectivity index (χ3n) is 4.10. The van der Waals surface area contributed by atoms with Crippen molar-refractivity contribution in [1.82, 2.24) is 4.98 Å². The Kier molecular flexibility index (Phi) is 5.19. The van der Waals surface area contributed by atoms with Gasteiger partial charge in [-0.2, -0.15) is 0 Å². The first kappa shape index (κ1) is 18.9. The van der Waals surface area contributed by atoms with Gasteiger partial charge in [0.2, 0.25) is 0 Å². The largest absolute Gasteiger partial charge is 0.354 e. The van der Waals surface area contributed by atoms with Gasteiger partial charge in [-0.25, -0.2) is 13.4 Å². The Morgan fingerprint density at radius 1 is 0.815 bits per heavy atom. The van der Waals surface area contributed by atoms with Gasteiger partial charge in [0.1, 0.15) is 5.82 Å². The minimum atomic E-state index is -3.64. The summed E-state index contributed by atoms with van der Waals surface area (Å²) in [6, 6.07) is 19.9. The van der Waals surface area contributed by atoms with Gasteiger partial charge in [0, 0.05) is 5.69 Å². The van der Waals surface area contributed by atoms with Crippen LogP contribution in [-0.4, -0.2) is 13.4 Å². The fourth-order valence-electron chi connectivity index (χ4n) is 2.54. The second kappa shape index (κ2) is 7.40. The highest BCUT2D eigenvalue weighted by Crippen LogP contribution is 2.25. The van der Waals surface area contributed by atoms with E-state index in [-0.39, 0.29) is 16.1 Å². The van der Waals surface area contributed by atoms with Crippen LogP contribution in [0.4, 0.5) is 17.2 Å². The van der Waals surface area contributed by atoms with E-state index in [9.17, 15) is 8.42 Å². The van der Waals surface area contributed by atoms with Gasteiger partial charge in [0.25, 0.3) is 10.0 Å². The minimum Gasteiger partial charge on any atom is -0.354 e. The van der Waals surface area contributed by atoms with Crippen molar-refractivity contribution in [1.29, 1.82) is 0 Å². The molecule has 1 aromatic heterocycles. The molecule has 0 bridgehead atoms. The molecule has 0 aliphatic heterocycles. The Hall–Kier alpha value is -2.86. The molecule has 0 fully saturated rings. The van der Waals surface area contributed by atoms with Gasteiger partial charge < -0.3 is 5.32 Å². The first-order chi connectivity index (χ1) is 12.7. The second-order valence-corrected chi connectivity index (χ2v) is 8.99. The van der Waals surface area contributed by atoms with E-state index in [1.807, 2.05) is 12.1 Å². The monoisotopic (exact) mass is 381 g/mol. The zero-order valence-electron chi connectivity index (χ0n) is 15.6. The Balaban J connectivity index is 1.69. The maximum Gasteiger partial charge on any atom is 0.263 e. The Labute approximate surface area is 160 Å². The molecule has 140 valence electrons. The maximum atomic E-state index is 12.3. The van der Waals surface area contributed by atoms with Crippen molar-refractivity contribution in [3.8, 4) is 0 Å². The number of benzene rings is 2. The molecule has 0 unspecified atom stereocenters. The number of hydrogen-bond donors (Lipinski definition) is 2. The molecule has 0 amide bonds. The molecule has 0 saturated heterocycles. The van der Waals surface area contributed by atoms with Crippen LogP contribution >= 0.6 is 0 Å². The van der Waals surface area contributed by atoms with Crippen LogP contribution in [0.15, 0.2) is 77.8 Å². The number of pyridine rings is 1. The fraction of sp³-hybridized carbons (Fsp3) is 0.190. The van der Waals surface area contributed by atoms with Crippen molar-refractivity contribution >= 4 is 27.2 Å². The predicted molar refractivity (Wildman–Crippen MR) is 110 cm³/mol. The summed E-state index contributed by atoms with van der Waals surface area (Å²) < 4.78 is 27.1. The number of nitrogens with zero attached hydrogens (tertiary/aromatic N) is 1. The van der Waals surface area contributed by atoms with E-state index < -0.39 is 10.0 Å². The molecule has 0 spiro atoms. The van der Waals surface area contributed by atoms with E-state index in [1.54, 1.807) is 48.7 Å². The number of anilines is 3. The summed E-state index contributed by atoms with van der Waals surface area (Å²) in [7, 11) is -3.64. The molecule has 5 nitrogen and oxygen atoms in total. The molecule has 1 heterocycles. The second-order valence-electron chi connectivity index (χ2n) is 7.30. The Morgan fingerprint density at radius 3 is 2.00 bits per heavy atom. The van der Waals surface area contributed by atoms with E-state index in [2.05, 4.69) is 47.9 Å². The molecule has 3 aromatic rings. The summed E-state index contributed by atoms with van der Waals surface area (Å²) in [5, 5.41) is 3.26. The van der Waals surface area contributed by atoms with Gasteiger partial charge in [-0.1, -0.05) is 51.1 Å². The summed E-state index contributed by atoms with van der Waals surface area (Å²) in [4.78, 5) is 4.39. The normalized spacial score (nSPS) is 11.8. The molecule has 0 saturated carbocycles. The summed E-state index contributed by atoms with van der Waals surface area (Å²) in [5.74, 6) is 0.271. The highest BCUT2D eigenvalue weighted by molar-refractivity contribution is 7.92. The summed E-state index contributed by atoms with van der Waals surface area (Å²) in [5.41, 5.74) is 3.10. The third kappa shape index (κ3) is 4.86.